The van der Waals surface area contributed by atoms with Gasteiger partial charge >= 0.3 is 0 Å². The number of fused-ring (bicyclic) bond motifs is 1. The molecule has 0 fully saturated rings. The normalized spacial score (nSPS) is 11.1. The van der Waals surface area contributed by atoms with E-state index in [1.54, 1.807) is 16.6 Å². The molecule has 0 saturated carbocycles. The van der Waals surface area contributed by atoms with Crippen molar-refractivity contribution >= 4 is 16.3 Å². The highest BCUT2D eigenvalue weighted by Crippen LogP contribution is 2.26. The van der Waals surface area contributed by atoms with Gasteiger partial charge in [0, 0.05) is 5.56 Å². The average molecular weight is 340 g/mol. The molecule has 4 aromatic rings. The van der Waals surface area contributed by atoms with Crippen molar-refractivity contribution in [2.24, 2.45) is 0 Å². The molecule has 120 valence electrons. The van der Waals surface area contributed by atoms with E-state index in [-0.39, 0.29) is 12.4 Å². The van der Waals surface area contributed by atoms with E-state index in [1.807, 2.05) is 19.1 Å². The lowest BCUT2D eigenvalue weighted by molar-refractivity contribution is 0.292. The molecule has 0 atom stereocenters. The maximum absolute atomic E-state index is 12.9. The van der Waals surface area contributed by atoms with Gasteiger partial charge in [0.1, 0.15) is 23.2 Å². The Morgan fingerprint density at radius 1 is 1.04 bits per heavy atom. The van der Waals surface area contributed by atoms with E-state index in [4.69, 9.17) is 4.74 Å². The fourth-order valence-electron chi connectivity index (χ4n) is 2.24. The Labute approximate surface area is 141 Å². The first kappa shape index (κ1) is 14.8. The van der Waals surface area contributed by atoms with Gasteiger partial charge in [0.15, 0.2) is 5.82 Å². The zero-order chi connectivity index (χ0) is 16.5. The summed E-state index contributed by atoms with van der Waals surface area (Å²) in [4.78, 5) is 0.711. The SMILES string of the molecule is Cc1ccc(-c2nn3c(COc4ccc(F)cc4)nnc3s2)cc1. The fourth-order valence-corrected chi connectivity index (χ4v) is 3.10. The lowest BCUT2D eigenvalue weighted by Gasteiger charge is -2.03. The molecular weight excluding hydrogens is 327 g/mol. The summed E-state index contributed by atoms with van der Waals surface area (Å²) < 4.78 is 20.2. The van der Waals surface area contributed by atoms with E-state index < -0.39 is 0 Å². The minimum atomic E-state index is -0.297. The van der Waals surface area contributed by atoms with Gasteiger partial charge in [0.25, 0.3) is 0 Å². The Kier molecular flexibility index (Phi) is 3.70. The molecule has 0 saturated heterocycles. The lowest BCUT2D eigenvalue weighted by atomic mass is 10.2. The molecule has 5 nitrogen and oxygen atoms in total. The second-order valence-electron chi connectivity index (χ2n) is 5.33. The Hall–Kier alpha value is -2.80. The van der Waals surface area contributed by atoms with E-state index >= 15 is 0 Å². The smallest absolute Gasteiger partial charge is 0.235 e. The quantitative estimate of drug-likeness (QED) is 0.566. The molecule has 0 aliphatic rings. The number of nitrogens with zero attached hydrogens (tertiary/aromatic N) is 4. The lowest BCUT2D eigenvalue weighted by Crippen LogP contribution is -2.02. The molecule has 2 aromatic heterocycles. The summed E-state index contributed by atoms with van der Waals surface area (Å²) in [5, 5.41) is 13.7. The van der Waals surface area contributed by atoms with E-state index in [2.05, 4.69) is 27.4 Å². The van der Waals surface area contributed by atoms with Crippen LogP contribution in [0.3, 0.4) is 0 Å². The number of hydrogen-bond donors (Lipinski definition) is 0. The highest BCUT2D eigenvalue weighted by molar-refractivity contribution is 7.19. The van der Waals surface area contributed by atoms with Crippen LogP contribution in [0.25, 0.3) is 15.5 Å². The number of hydrogen-bond acceptors (Lipinski definition) is 5. The van der Waals surface area contributed by atoms with Crippen LogP contribution in [0.1, 0.15) is 11.4 Å². The summed E-state index contributed by atoms with van der Waals surface area (Å²) in [6.45, 7) is 2.26. The predicted octanol–water partition coefficient (Wildman–Crippen LogP) is 3.88. The molecule has 24 heavy (non-hydrogen) atoms. The number of ether oxygens (including phenoxy) is 1. The van der Waals surface area contributed by atoms with Crippen LogP contribution in [0, 0.1) is 12.7 Å². The van der Waals surface area contributed by atoms with Crippen LogP contribution in [-0.4, -0.2) is 19.8 Å². The Morgan fingerprint density at radius 3 is 2.54 bits per heavy atom. The molecule has 0 aliphatic heterocycles. The van der Waals surface area contributed by atoms with Gasteiger partial charge in [-0.15, -0.1) is 10.2 Å². The number of benzene rings is 2. The topological polar surface area (TPSA) is 52.3 Å². The van der Waals surface area contributed by atoms with Crippen molar-refractivity contribution in [3.05, 3.63) is 65.7 Å². The molecule has 2 aromatic carbocycles. The second kappa shape index (κ2) is 6.01. The van der Waals surface area contributed by atoms with E-state index in [0.29, 0.717) is 16.5 Å². The maximum Gasteiger partial charge on any atom is 0.235 e. The highest BCUT2D eigenvalue weighted by atomic mass is 32.1. The van der Waals surface area contributed by atoms with Crippen LogP contribution in [0.5, 0.6) is 5.75 Å². The third kappa shape index (κ3) is 2.85. The largest absolute Gasteiger partial charge is 0.486 e. The average Bonchev–Trinajstić information content (AvgIpc) is 3.16. The van der Waals surface area contributed by atoms with Crippen molar-refractivity contribution in [2.75, 3.05) is 0 Å². The third-order valence-corrected chi connectivity index (χ3v) is 4.48. The summed E-state index contributed by atoms with van der Waals surface area (Å²) in [6.07, 6.45) is 0. The van der Waals surface area contributed by atoms with Crippen LogP contribution in [0.4, 0.5) is 4.39 Å². The van der Waals surface area contributed by atoms with Gasteiger partial charge in [-0.3, -0.25) is 0 Å². The Bertz CT molecular complexity index is 976. The first-order valence-corrected chi connectivity index (χ1v) is 8.17. The van der Waals surface area contributed by atoms with Crippen molar-refractivity contribution in [1.82, 2.24) is 19.8 Å². The zero-order valence-electron chi connectivity index (χ0n) is 12.8. The van der Waals surface area contributed by atoms with Crippen LogP contribution in [0.2, 0.25) is 0 Å². The van der Waals surface area contributed by atoms with Crippen LogP contribution in [-0.2, 0) is 6.61 Å². The number of aryl methyl sites for hydroxylation is 1. The van der Waals surface area contributed by atoms with Gasteiger partial charge in [-0.2, -0.15) is 9.61 Å². The molecular formula is C17H13FN4OS. The minimum absolute atomic E-state index is 0.212. The Balaban J connectivity index is 1.58. The van der Waals surface area contributed by atoms with Gasteiger partial charge in [-0.1, -0.05) is 41.2 Å². The fraction of sp³-hybridized carbons (Fsp3) is 0.118. The monoisotopic (exact) mass is 340 g/mol. The van der Waals surface area contributed by atoms with Gasteiger partial charge in [0.2, 0.25) is 4.96 Å². The molecule has 0 amide bonds. The maximum atomic E-state index is 12.9. The first-order valence-electron chi connectivity index (χ1n) is 7.35. The molecule has 0 spiro atoms. The highest BCUT2D eigenvalue weighted by Gasteiger charge is 2.13. The minimum Gasteiger partial charge on any atom is -0.486 e. The van der Waals surface area contributed by atoms with E-state index in [0.717, 1.165) is 10.6 Å². The van der Waals surface area contributed by atoms with Crippen molar-refractivity contribution < 1.29 is 9.13 Å². The molecule has 7 heteroatoms. The molecule has 0 N–H and O–H groups in total. The molecule has 0 radical (unpaired) electrons. The van der Waals surface area contributed by atoms with E-state index in [9.17, 15) is 4.39 Å². The Morgan fingerprint density at radius 2 is 1.79 bits per heavy atom. The number of halogens is 1. The first-order chi connectivity index (χ1) is 11.7. The van der Waals surface area contributed by atoms with Gasteiger partial charge in [-0.25, -0.2) is 4.39 Å². The summed E-state index contributed by atoms with van der Waals surface area (Å²) in [5.41, 5.74) is 2.25. The standard InChI is InChI=1S/C17H13FN4OS/c1-11-2-4-12(5-3-11)16-21-22-15(19-20-17(22)24-16)10-23-14-8-6-13(18)7-9-14/h2-9H,10H2,1H3. The summed E-state index contributed by atoms with van der Waals surface area (Å²) in [7, 11) is 0. The molecule has 4 rings (SSSR count). The van der Waals surface area contributed by atoms with Crippen LogP contribution in [0.15, 0.2) is 48.5 Å². The summed E-state index contributed by atoms with van der Waals surface area (Å²) in [6, 6.07) is 14.0. The zero-order valence-corrected chi connectivity index (χ0v) is 13.6. The number of rotatable bonds is 4. The summed E-state index contributed by atoms with van der Waals surface area (Å²) >= 11 is 1.47. The molecule has 2 heterocycles. The third-order valence-electron chi connectivity index (χ3n) is 3.54. The van der Waals surface area contributed by atoms with Gasteiger partial charge < -0.3 is 4.74 Å². The molecule has 0 aliphatic carbocycles. The van der Waals surface area contributed by atoms with E-state index in [1.165, 1.54) is 29.0 Å². The van der Waals surface area contributed by atoms with Crippen LogP contribution >= 0.6 is 11.3 Å². The van der Waals surface area contributed by atoms with Gasteiger partial charge in [-0.05, 0) is 31.2 Å². The van der Waals surface area contributed by atoms with Crippen molar-refractivity contribution in [2.45, 2.75) is 13.5 Å². The van der Waals surface area contributed by atoms with Crippen molar-refractivity contribution in [3.63, 3.8) is 0 Å². The predicted molar refractivity (Wildman–Crippen MR) is 89.6 cm³/mol. The van der Waals surface area contributed by atoms with Crippen LogP contribution < -0.4 is 4.74 Å². The van der Waals surface area contributed by atoms with Crippen molar-refractivity contribution in [1.29, 1.82) is 0 Å². The molecule has 0 bridgehead atoms. The second-order valence-corrected chi connectivity index (χ2v) is 6.28. The van der Waals surface area contributed by atoms with Crippen molar-refractivity contribution in [3.8, 4) is 16.3 Å². The van der Waals surface area contributed by atoms with Gasteiger partial charge in [0.05, 0.1) is 0 Å². The molecule has 0 unspecified atom stereocenters. The summed E-state index contributed by atoms with van der Waals surface area (Å²) in [5.74, 6) is 0.875. The number of aromatic nitrogens is 4.